The molecular formula is C14H28N2O4. The lowest BCUT2D eigenvalue weighted by Gasteiger charge is -2.21. The lowest BCUT2D eigenvalue weighted by Crippen LogP contribution is -2.40. The van der Waals surface area contributed by atoms with E-state index >= 15 is 0 Å². The average Bonchev–Trinajstić information content (AvgIpc) is 2.40. The molecule has 0 rings (SSSR count). The number of amides is 1. The van der Waals surface area contributed by atoms with Crippen LogP contribution in [0.3, 0.4) is 0 Å². The third-order valence-electron chi connectivity index (χ3n) is 2.88. The Balaban J connectivity index is 4.05. The number of methoxy groups -OCH3 is 2. The molecule has 1 N–H and O–H groups in total. The van der Waals surface area contributed by atoms with E-state index in [2.05, 4.69) is 23.9 Å². The van der Waals surface area contributed by atoms with Gasteiger partial charge < -0.3 is 14.8 Å². The highest BCUT2D eigenvalue weighted by Crippen LogP contribution is 1.97. The molecule has 118 valence electrons. The standard InChI is InChI=1S/C14H28N2O4/c1-12(2)5-7-15-13(17)11-16(9-10-19-3)8-6-14(18)20-4/h12H,5-11H2,1-4H3,(H,15,17). The first-order valence-electron chi connectivity index (χ1n) is 7.04. The quantitative estimate of drug-likeness (QED) is 0.566. The normalized spacial score (nSPS) is 10.9. The van der Waals surface area contributed by atoms with Gasteiger partial charge in [-0.1, -0.05) is 13.8 Å². The van der Waals surface area contributed by atoms with Gasteiger partial charge in [0, 0.05) is 26.7 Å². The van der Waals surface area contributed by atoms with E-state index in [0.29, 0.717) is 32.2 Å². The summed E-state index contributed by atoms with van der Waals surface area (Å²) in [4.78, 5) is 24.8. The van der Waals surface area contributed by atoms with Gasteiger partial charge in [-0.25, -0.2) is 0 Å². The number of nitrogens with zero attached hydrogens (tertiary/aromatic N) is 1. The predicted octanol–water partition coefficient (Wildman–Crippen LogP) is 0.660. The van der Waals surface area contributed by atoms with Gasteiger partial charge in [0.15, 0.2) is 0 Å². The lowest BCUT2D eigenvalue weighted by molar-refractivity contribution is -0.141. The number of hydrogen-bond donors (Lipinski definition) is 1. The van der Waals surface area contributed by atoms with Crippen LogP contribution in [0.25, 0.3) is 0 Å². The molecule has 0 aliphatic heterocycles. The largest absolute Gasteiger partial charge is 0.469 e. The SMILES string of the molecule is COCCN(CCC(=O)OC)CC(=O)NCCC(C)C. The van der Waals surface area contributed by atoms with Gasteiger partial charge in [-0.2, -0.15) is 0 Å². The van der Waals surface area contributed by atoms with E-state index in [9.17, 15) is 9.59 Å². The maximum atomic E-state index is 11.8. The molecular weight excluding hydrogens is 260 g/mol. The van der Waals surface area contributed by atoms with Gasteiger partial charge in [-0.05, 0) is 12.3 Å². The van der Waals surface area contributed by atoms with Crippen LogP contribution in [0.15, 0.2) is 0 Å². The van der Waals surface area contributed by atoms with Crippen molar-refractivity contribution in [3.63, 3.8) is 0 Å². The Hall–Kier alpha value is -1.14. The molecule has 1 amide bonds. The third-order valence-corrected chi connectivity index (χ3v) is 2.88. The van der Waals surface area contributed by atoms with Gasteiger partial charge in [0.1, 0.15) is 0 Å². The molecule has 0 bridgehead atoms. The molecule has 0 spiro atoms. The lowest BCUT2D eigenvalue weighted by atomic mass is 10.1. The van der Waals surface area contributed by atoms with Crippen LogP contribution in [0.1, 0.15) is 26.7 Å². The smallest absolute Gasteiger partial charge is 0.306 e. The number of rotatable bonds is 11. The van der Waals surface area contributed by atoms with Crippen molar-refractivity contribution >= 4 is 11.9 Å². The Morgan fingerprint density at radius 3 is 2.45 bits per heavy atom. The minimum atomic E-state index is -0.271. The van der Waals surface area contributed by atoms with E-state index in [-0.39, 0.29) is 24.8 Å². The molecule has 6 nitrogen and oxygen atoms in total. The average molecular weight is 288 g/mol. The summed E-state index contributed by atoms with van der Waals surface area (Å²) in [7, 11) is 2.97. The van der Waals surface area contributed by atoms with Crippen molar-refractivity contribution in [2.75, 3.05) is 47.0 Å². The van der Waals surface area contributed by atoms with E-state index in [4.69, 9.17) is 4.74 Å². The summed E-state index contributed by atoms with van der Waals surface area (Å²) in [5, 5.41) is 2.88. The minimum absolute atomic E-state index is 0.0216. The summed E-state index contributed by atoms with van der Waals surface area (Å²) >= 11 is 0. The molecule has 0 unspecified atom stereocenters. The van der Waals surface area contributed by atoms with E-state index in [1.54, 1.807) is 7.11 Å². The van der Waals surface area contributed by atoms with Gasteiger partial charge in [0.25, 0.3) is 0 Å². The van der Waals surface area contributed by atoms with Crippen LogP contribution < -0.4 is 5.32 Å². The maximum Gasteiger partial charge on any atom is 0.306 e. The summed E-state index contributed by atoms with van der Waals surface area (Å²) in [5.74, 6) is 0.276. The van der Waals surface area contributed by atoms with Crippen LogP contribution in [0.5, 0.6) is 0 Å². The predicted molar refractivity (Wildman–Crippen MR) is 77.4 cm³/mol. The highest BCUT2D eigenvalue weighted by atomic mass is 16.5. The first-order valence-corrected chi connectivity index (χ1v) is 7.04. The van der Waals surface area contributed by atoms with E-state index in [1.807, 2.05) is 4.90 Å². The zero-order valence-electron chi connectivity index (χ0n) is 13.1. The molecule has 0 radical (unpaired) electrons. The molecule has 0 aliphatic rings. The van der Waals surface area contributed by atoms with Gasteiger partial charge in [0.05, 0.1) is 26.7 Å². The number of nitrogens with one attached hydrogen (secondary N) is 1. The number of carbonyl (C=O) groups excluding carboxylic acids is 2. The van der Waals surface area contributed by atoms with Crippen molar-refractivity contribution < 1.29 is 19.1 Å². The Bertz CT molecular complexity index is 282. The molecule has 0 atom stereocenters. The van der Waals surface area contributed by atoms with Gasteiger partial charge in [-0.3, -0.25) is 14.5 Å². The van der Waals surface area contributed by atoms with Crippen molar-refractivity contribution in [1.29, 1.82) is 0 Å². The molecule has 0 saturated heterocycles. The fourth-order valence-corrected chi connectivity index (χ4v) is 1.60. The maximum absolute atomic E-state index is 11.8. The molecule has 0 aromatic rings. The highest BCUT2D eigenvalue weighted by Gasteiger charge is 2.12. The molecule has 0 heterocycles. The van der Waals surface area contributed by atoms with Crippen LogP contribution in [0.4, 0.5) is 0 Å². The molecule has 0 fully saturated rings. The molecule has 0 aliphatic carbocycles. The Labute approximate surface area is 121 Å². The first kappa shape index (κ1) is 18.9. The monoisotopic (exact) mass is 288 g/mol. The molecule has 20 heavy (non-hydrogen) atoms. The minimum Gasteiger partial charge on any atom is -0.469 e. The van der Waals surface area contributed by atoms with Crippen LogP contribution in [0, 0.1) is 5.92 Å². The summed E-state index contributed by atoms with van der Waals surface area (Å²) in [6, 6.07) is 0. The molecule has 0 aromatic carbocycles. The van der Waals surface area contributed by atoms with Gasteiger partial charge in [-0.15, -0.1) is 0 Å². The number of hydrogen-bond acceptors (Lipinski definition) is 5. The fourth-order valence-electron chi connectivity index (χ4n) is 1.60. The van der Waals surface area contributed by atoms with Crippen LogP contribution in [0.2, 0.25) is 0 Å². The van der Waals surface area contributed by atoms with Crippen molar-refractivity contribution in [1.82, 2.24) is 10.2 Å². The third kappa shape index (κ3) is 10.8. The van der Waals surface area contributed by atoms with Crippen LogP contribution >= 0.6 is 0 Å². The van der Waals surface area contributed by atoms with Crippen molar-refractivity contribution in [2.45, 2.75) is 26.7 Å². The molecule has 0 saturated carbocycles. The first-order chi connectivity index (χ1) is 9.49. The second-order valence-electron chi connectivity index (χ2n) is 5.13. The molecule has 6 heteroatoms. The van der Waals surface area contributed by atoms with Crippen LogP contribution in [-0.2, 0) is 19.1 Å². The highest BCUT2D eigenvalue weighted by molar-refractivity contribution is 5.78. The summed E-state index contributed by atoms with van der Waals surface area (Å²) in [6.07, 6.45) is 1.24. The number of esters is 1. The molecule has 0 aromatic heterocycles. The van der Waals surface area contributed by atoms with Gasteiger partial charge >= 0.3 is 5.97 Å². The zero-order valence-corrected chi connectivity index (χ0v) is 13.1. The van der Waals surface area contributed by atoms with Crippen LogP contribution in [-0.4, -0.2) is 63.8 Å². The Kier molecular flexibility index (Phi) is 11.0. The summed E-state index contributed by atoms with van der Waals surface area (Å²) in [5.41, 5.74) is 0. The topological polar surface area (TPSA) is 67.9 Å². The zero-order chi connectivity index (χ0) is 15.4. The summed E-state index contributed by atoms with van der Waals surface area (Å²) < 4.78 is 9.61. The summed E-state index contributed by atoms with van der Waals surface area (Å²) in [6.45, 7) is 6.84. The Morgan fingerprint density at radius 1 is 1.20 bits per heavy atom. The Morgan fingerprint density at radius 2 is 1.90 bits per heavy atom. The van der Waals surface area contributed by atoms with E-state index in [1.165, 1.54) is 7.11 Å². The van der Waals surface area contributed by atoms with Crippen molar-refractivity contribution in [2.24, 2.45) is 5.92 Å². The van der Waals surface area contributed by atoms with Crippen molar-refractivity contribution in [3.05, 3.63) is 0 Å². The number of ether oxygens (including phenoxy) is 2. The fraction of sp³-hybridized carbons (Fsp3) is 0.857. The van der Waals surface area contributed by atoms with E-state index in [0.717, 1.165) is 6.42 Å². The second kappa shape index (κ2) is 11.7. The number of carbonyl (C=O) groups is 2. The van der Waals surface area contributed by atoms with E-state index < -0.39 is 0 Å². The van der Waals surface area contributed by atoms with Gasteiger partial charge in [0.2, 0.25) is 5.91 Å². The van der Waals surface area contributed by atoms with Crippen molar-refractivity contribution in [3.8, 4) is 0 Å². The second-order valence-corrected chi connectivity index (χ2v) is 5.13.